The maximum atomic E-state index is 12.3. The van der Waals surface area contributed by atoms with Gasteiger partial charge in [0, 0.05) is 11.1 Å². The molecule has 0 aliphatic heterocycles. The number of nitrogens with one attached hydrogen (secondary N) is 1. The third kappa shape index (κ3) is 4.65. The Kier molecular flexibility index (Phi) is 5.42. The largest absolute Gasteiger partial charge is 0.486 e. The number of furan rings is 1. The fourth-order valence-electron chi connectivity index (χ4n) is 2.38. The number of carbonyl (C=O) groups excluding carboxylic acids is 1. The van der Waals surface area contributed by atoms with Crippen LogP contribution >= 0.6 is 11.6 Å². The van der Waals surface area contributed by atoms with E-state index in [2.05, 4.69) is 5.32 Å². The monoisotopic (exact) mass is 386 g/mol. The second kappa shape index (κ2) is 7.92. The van der Waals surface area contributed by atoms with Gasteiger partial charge in [-0.25, -0.2) is 0 Å². The fraction of sp³-hybridized carbons (Fsp3) is 0.105. The maximum Gasteiger partial charge on any atom is 0.294 e. The summed E-state index contributed by atoms with van der Waals surface area (Å²) in [6.45, 7) is 2.11. The molecule has 3 aromatic rings. The molecule has 0 aliphatic rings. The molecule has 0 spiro atoms. The number of carbonyl (C=O) groups is 1. The van der Waals surface area contributed by atoms with E-state index in [0.717, 1.165) is 5.56 Å². The Morgan fingerprint density at radius 3 is 2.78 bits per heavy atom. The molecule has 2 aromatic carbocycles. The van der Waals surface area contributed by atoms with Crippen molar-refractivity contribution in [2.75, 3.05) is 5.32 Å². The van der Waals surface area contributed by atoms with Crippen LogP contribution in [0.5, 0.6) is 5.75 Å². The number of ether oxygens (including phenoxy) is 1. The lowest BCUT2D eigenvalue weighted by Gasteiger charge is -2.06. The molecule has 1 heterocycles. The fourth-order valence-corrected chi connectivity index (χ4v) is 2.55. The van der Waals surface area contributed by atoms with Crippen LogP contribution in [0.2, 0.25) is 5.02 Å². The second-order valence-electron chi connectivity index (χ2n) is 5.74. The molecule has 8 heteroatoms. The van der Waals surface area contributed by atoms with Crippen molar-refractivity contribution in [2.45, 2.75) is 13.5 Å². The van der Waals surface area contributed by atoms with Crippen molar-refractivity contribution in [3.8, 4) is 5.75 Å². The summed E-state index contributed by atoms with van der Waals surface area (Å²) in [4.78, 5) is 22.8. The number of rotatable bonds is 6. The normalized spacial score (nSPS) is 10.4. The van der Waals surface area contributed by atoms with E-state index in [0.29, 0.717) is 11.5 Å². The van der Waals surface area contributed by atoms with Crippen molar-refractivity contribution in [1.29, 1.82) is 0 Å². The molecule has 7 nitrogen and oxygen atoms in total. The number of halogens is 1. The van der Waals surface area contributed by atoms with Crippen molar-refractivity contribution >= 4 is 28.9 Å². The predicted octanol–water partition coefficient (Wildman–Crippen LogP) is 4.98. The number of hydrogen-bond acceptors (Lipinski definition) is 5. The summed E-state index contributed by atoms with van der Waals surface area (Å²) >= 11 is 5.76. The molecule has 0 fully saturated rings. The van der Waals surface area contributed by atoms with Crippen molar-refractivity contribution in [3.63, 3.8) is 0 Å². The molecule has 1 aromatic heterocycles. The van der Waals surface area contributed by atoms with E-state index in [9.17, 15) is 14.9 Å². The Labute approximate surface area is 159 Å². The molecule has 0 radical (unpaired) electrons. The first-order chi connectivity index (χ1) is 12.9. The zero-order valence-electron chi connectivity index (χ0n) is 14.3. The van der Waals surface area contributed by atoms with E-state index in [1.165, 1.54) is 24.3 Å². The highest BCUT2D eigenvalue weighted by molar-refractivity contribution is 6.31. The predicted molar refractivity (Wildman–Crippen MR) is 100 cm³/mol. The maximum absolute atomic E-state index is 12.3. The third-order valence-electron chi connectivity index (χ3n) is 3.66. The van der Waals surface area contributed by atoms with Gasteiger partial charge in [0.1, 0.15) is 23.8 Å². The van der Waals surface area contributed by atoms with Crippen LogP contribution < -0.4 is 10.1 Å². The smallest absolute Gasteiger partial charge is 0.294 e. The minimum Gasteiger partial charge on any atom is -0.486 e. The molecule has 27 heavy (non-hydrogen) atoms. The second-order valence-corrected chi connectivity index (χ2v) is 6.18. The van der Waals surface area contributed by atoms with Gasteiger partial charge in [-0.2, -0.15) is 0 Å². The van der Waals surface area contributed by atoms with Gasteiger partial charge in [0.05, 0.1) is 4.92 Å². The minimum absolute atomic E-state index is 0.0158. The van der Waals surface area contributed by atoms with E-state index in [-0.39, 0.29) is 28.8 Å². The molecule has 0 aliphatic carbocycles. The first-order valence-electron chi connectivity index (χ1n) is 7.96. The van der Waals surface area contributed by atoms with E-state index in [1.807, 2.05) is 31.2 Å². The summed E-state index contributed by atoms with van der Waals surface area (Å²) < 4.78 is 11.1. The molecule has 1 amide bonds. The quantitative estimate of drug-likeness (QED) is 0.476. The number of benzene rings is 2. The number of hydrogen-bond donors (Lipinski definition) is 1. The van der Waals surface area contributed by atoms with Crippen LogP contribution in [-0.2, 0) is 6.61 Å². The Balaban J connectivity index is 1.68. The molecular weight excluding hydrogens is 372 g/mol. The lowest BCUT2D eigenvalue weighted by atomic mass is 10.2. The summed E-state index contributed by atoms with van der Waals surface area (Å²) in [6, 6.07) is 14.6. The zero-order chi connectivity index (χ0) is 19.4. The van der Waals surface area contributed by atoms with E-state index in [1.54, 1.807) is 6.07 Å². The van der Waals surface area contributed by atoms with E-state index < -0.39 is 10.8 Å². The van der Waals surface area contributed by atoms with Gasteiger partial charge in [-0.1, -0.05) is 23.7 Å². The molecule has 138 valence electrons. The topological polar surface area (TPSA) is 94.6 Å². The number of amides is 1. The summed E-state index contributed by atoms with van der Waals surface area (Å²) in [5.74, 6) is 0.547. The number of nitro groups is 1. The van der Waals surface area contributed by atoms with Gasteiger partial charge >= 0.3 is 0 Å². The highest BCUT2D eigenvalue weighted by Crippen LogP contribution is 2.28. The van der Waals surface area contributed by atoms with Crippen LogP contribution in [0.4, 0.5) is 11.4 Å². The number of anilines is 1. The molecule has 3 rings (SSSR count). The average molecular weight is 387 g/mol. The third-order valence-corrected chi connectivity index (χ3v) is 3.90. The first-order valence-corrected chi connectivity index (χ1v) is 8.33. The van der Waals surface area contributed by atoms with Crippen LogP contribution in [0, 0.1) is 17.0 Å². The Bertz CT molecular complexity index is 999. The minimum atomic E-state index is -0.620. The van der Waals surface area contributed by atoms with Gasteiger partial charge in [-0.15, -0.1) is 0 Å². The Morgan fingerprint density at radius 2 is 2.04 bits per heavy atom. The Morgan fingerprint density at radius 1 is 1.22 bits per heavy atom. The lowest BCUT2D eigenvalue weighted by molar-refractivity contribution is -0.383. The van der Waals surface area contributed by atoms with Gasteiger partial charge in [0.25, 0.3) is 11.6 Å². The van der Waals surface area contributed by atoms with Gasteiger partial charge in [0.2, 0.25) is 0 Å². The zero-order valence-corrected chi connectivity index (χ0v) is 15.0. The molecule has 1 N–H and O–H groups in total. The van der Waals surface area contributed by atoms with Crippen LogP contribution in [0.3, 0.4) is 0 Å². The van der Waals surface area contributed by atoms with Crippen molar-refractivity contribution in [3.05, 3.63) is 86.8 Å². The molecule has 0 atom stereocenters. The number of nitrogens with zero attached hydrogens (tertiary/aromatic N) is 1. The van der Waals surface area contributed by atoms with Crippen molar-refractivity contribution in [1.82, 2.24) is 0 Å². The van der Waals surface area contributed by atoms with Gasteiger partial charge in [-0.05, 0) is 48.9 Å². The van der Waals surface area contributed by atoms with Crippen molar-refractivity contribution in [2.24, 2.45) is 0 Å². The Hall–Kier alpha value is -3.32. The highest BCUT2D eigenvalue weighted by Gasteiger charge is 2.19. The summed E-state index contributed by atoms with van der Waals surface area (Å²) in [5, 5.41) is 13.8. The molecular formula is C19H15ClN2O5. The molecule has 0 saturated heterocycles. The van der Waals surface area contributed by atoms with Crippen LogP contribution in [0.25, 0.3) is 0 Å². The van der Waals surface area contributed by atoms with Gasteiger partial charge < -0.3 is 14.5 Å². The summed E-state index contributed by atoms with van der Waals surface area (Å²) in [5.41, 5.74) is 0.797. The van der Waals surface area contributed by atoms with Gasteiger partial charge in [0.15, 0.2) is 5.76 Å². The SMILES string of the molecule is Cc1cccc(OCc2ccc(C(=O)Nc3ccc(Cl)cc3[N+](=O)[O-])o2)c1. The van der Waals surface area contributed by atoms with E-state index >= 15 is 0 Å². The number of nitro benzene ring substituents is 1. The van der Waals surface area contributed by atoms with Crippen LogP contribution in [0.15, 0.2) is 59.0 Å². The summed E-state index contributed by atoms with van der Waals surface area (Å²) in [7, 11) is 0. The first kappa shape index (κ1) is 18.5. The highest BCUT2D eigenvalue weighted by atomic mass is 35.5. The van der Waals surface area contributed by atoms with E-state index in [4.69, 9.17) is 20.8 Å². The molecule has 0 saturated carbocycles. The van der Waals surface area contributed by atoms with Gasteiger partial charge in [-0.3, -0.25) is 14.9 Å². The van der Waals surface area contributed by atoms with Crippen LogP contribution in [0.1, 0.15) is 21.9 Å². The van der Waals surface area contributed by atoms with Crippen molar-refractivity contribution < 1.29 is 18.9 Å². The average Bonchev–Trinajstić information content (AvgIpc) is 3.10. The van der Waals surface area contributed by atoms with Crippen LogP contribution in [-0.4, -0.2) is 10.8 Å². The molecule has 0 unspecified atom stereocenters. The molecule has 0 bridgehead atoms. The standard InChI is InChI=1S/C19H15ClN2O5/c1-12-3-2-4-14(9-12)26-11-15-6-8-18(27-15)19(23)21-16-7-5-13(20)10-17(16)22(24)25/h2-10H,11H2,1H3,(H,21,23). The number of aryl methyl sites for hydroxylation is 1. The summed E-state index contributed by atoms with van der Waals surface area (Å²) in [6.07, 6.45) is 0. The lowest BCUT2D eigenvalue weighted by Crippen LogP contribution is -2.12.